The summed E-state index contributed by atoms with van der Waals surface area (Å²) in [5.74, 6) is 2.61. The molecule has 0 spiro atoms. The van der Waals surface area contributed by atoms with Crippen molar-refractivity contribution in [3.05, 3.63) is 59.7 Å². The molecule has 2 heterocycles. The van der Waals surface area contributed by atoms with Gasteiger partial charge in [-0.05, 0) is 37.1 Å². The summed E-state index contributed by atoms with van der Waals surface area (Å²) in [7, 11) is 1.68. The molecular weight excluding hydrogens is 342 g/mol. The van der Waals surface area contributed by atoms with Gasteiger partial charge < -0.3 is 20.5 Å². The van der Waals surface area contributed by atoms with Gasteiger partial charge in [-0.2, -0.15) is 4.98 Å². The van der Waals surface area contributed by atoms with Crippen LogP contribution >= 0.6 is 0 Å². The fraction of sp³-hybridized carbons (Fsp3) is 0.300. The van der Waals surface area contributed by atoms with Crippen molar-refractivity contribution in [3.8, 4) is 11.5 Å². The summed E-state index contributed by atoms with van der Waals surface area (Å²) < 4.78 is 13.0. The zero-order chi connectivity index (χ0) is 18.8. The lowest BCUT2D eigenvalue weighted by Crippen LogP contribution is -2.28. The SMILES string of the molecule is CCOc1ccc([C@H]2C[C@H](c3ccccc3OC)n3nc(N)nc3N2)cc1. The molecule has 0 bridgehead atoms. The molecule has 1 aromatic heterocycles. The number of para-hydroxylation sites is 1. The predicted octanol–water partition coefficient (Wildman–Crippen LogP) is 3.41. The molecule has 3 N–H and O–H groups in total. The maximum atomic E-state index is 5.88. The maximum absolute atomic E-state index is 5.88. The van der Waals surface area contributed by atoms with Gasteiger partial charge >= 0.3 is 0 Å². The monoisotopic (exact) mass is 365 g/mol. The van der Waals surface area contributed by atoms with Crippen molar-refractivity contribution < 1.29 is 9.47 Å². The van der Waals surface area contributed by atoms with Crippen LogP contribution in [-0.4, -0.2) is 28.5 Å². The first-order valence-electron chi connectivity index (χ1n) is 9.03. The summed E-state index contributed by atoms with van der Waals surface area (Å²) in [4.78, 5) is 4.36. The second kappa shape index (κ2) is 7.19. The number of ether oxygens (including phenoxy) is 2. The molecule has 7 heteroatoms. The molecule has 4 rings (SSSR count). The molecule has 0 aliphatic carbocycles. The number of aromatic nitrogens is 3. The van der Waals surface area contributed by atoms with Gasteiger partial charge in [0.2, 0.25) is 11.9 Å². The Morgan fingerprint density at radius 3 is 2.70 bits per heavy atom. The molecule has 0 amide bonds. The molecule has 0 unspecified atom stereocenters. The lowest BCUT2D eigenvalue weighted by Gasteiger charge is -2.32. The Kier molecular flexibility index (Phi) is 4.58. The number of benzene rings is 2. The van der Waals surface area contributed by atoms with Gasteiger partial charge in [0.25, 0.3) is 0 Å². The lowest BCUT2D eigenvalue weighted by molar-refractivity contribution is 0.340. The van der Waals surface area contributed by atoms with Crippen LogP contribution in [0.4, 0.5) is 11.9 Å². The first kappa shape index (κ1) is 17.2. The molecule has 7 nitrogen and oxygen atoms in total. The highest BCUT2D eigenvalue weighted by Crippen LogP contribution is 2.41. The minimum atomic E-state index is -0.0289. The van der Waals surface area contributed by atoms with Crippen LogP contribution in [0.15, 0.2) is 48.5 Å². The maximum Gasteiger partial charge on any atom is 0.241 e. The van der Waals surface area contributed by atoms with Gasteiger partial charge in [0.05, 0.1) is 25.8 Å². The molecule has 0 saturated carbocycles. The minimum Gasteiger partial charge on any atom is -0.496 e. The second-order valence-electron chi connectivity index (χ2n) is 6.43. The third-order valence-corrected chi connectivity index (χ3v) is 4.80. The first-order valence-corrected chi connectivity index (χ1v) is 9.03. The fourth-order valence-electron chi connectivity index (χ4n) is 3.58. The Labute approximate surface area is 158 Å². The van der Waals surface area contributed by atoms with E-state index in [0.29, 0.717) is 12.6 Å². The van der Waals surface area contributed by atoms with Crippen LogP contribution < -0.4 is 20.5 Å². The van der Waals surface area contributed by atoms with Crippen molar-refractivity contribution in [2.45, 2.75) is 25.4 Å². The van der Waals surface area contributed by atoms with Crippen molar-refractivity contribution >= 4 is 11.9 Å². The highest BCUT2D eigenvalue weighted by atomic mass is 16.5. The van der Waals surface area contributed by atoms with Crippen molar-refractivity contribution in [3.63, 3.8) is 0 Å². The topological polar surface area (TPSA) is 87.2 Å². The second-order valence-corrected chi connectivity index (χ2v) is 6.43. The molecule has 2 aromatic carbocycles. The van der Waals surface area contributed by atoms with Crippen LogP contribution in [0.25, 0.3) is 0 Å². The van der Waals surface area contributed by atoms with E-state index in [4.69, 9.17) is 15.2 Å². The number of anilines is 2. The Morgan fingerprint density at radius 2 is 1.96 bits per heavy atom. The normalized spacial score (nSPS) is 18.4. The molecule has 3 aromatic rings. The van der Waals surface area contributed by atoms with Gasteiger partial charge in [-0.1, -0.05) is 30.3 Å². The number of rotatable bonds is 5. The molecule has 27 heavy (non-hydrogen) atoms. The zero-order valence-corrected chi connectivity index (χ0v) is 15.4. The largest absolute Gasteiger partial charge is 0.496 e. The smallest absolute Gasteiger partial charge is 0.241 e. The molecule has 0 radical (unpaired) electrons. The van der Waals surface area contributed by atoms with Crippen LogP contribution in [0.5, 0.6) is 11.5 Å². The molecule has 0 fully saturated rings. The number of nitrogens with zero attached hydrogens (tertiary/aromatic N) is 3. The Bertz CT molecular complexity index is 922. The standard InChI is InChI=1S/C20H23N5O2/c1-3-27-14-10-8-13(9-11-14)16-12-17(15-6-4-5-7-18(15)26-2)25-20(22-16)23-19(21)24-25/h4-11,16-17H,3,12H2,1-2H3,(H3,21,22,23,24)/t16-,17-/m1/s1. The molecule has 0 saturated heterocycles. The van der Waals surface area contributed by atoms with Gasteiger partial charge in [-0.3, -0.25) is 0 Å². The van der Waals surface area contributed by atoms with Crippen molar-refractivity contribution in [2.24, 2.45) is 0 Å². The van der Waals surface area contributed by atoms with Crippen molar-refractivity contribution in [1.82, 2.24) is 14.8 Å². The average Bonchev–Trinajstić information content (AvgIpc) is 3.08. The van der Waals surface area contributed by atoms with Gasteiger partial charge in [0.1, 0.15) is 11.5 Å². The predicted molar refractivity (Wildman–Crippen MR) is 104 cm³/mol. The zero-order valence-electron chi connectivity index (χ0n) is 15.4. The van der Waals surface area contributed by atoms with Crippen LogP contribution in [0, 0.1) is 0 Å². The fourth-order valence-corrected chi connectivity index (χ4v) is 3.58. The highest BCUT2D eigenvalue weighted by Gasteiger charge is 2.32. The summed E-state index contributed by atoms with van der Waals surface area (Å²) in [6.45, 7) is 2.63. The quantitative estimate of drug-likeness (QED) is 0.720. The van der Waals surface area contributed by atoms with E-state index in [2.05, 4.69) is 33.6 Å². The van der Waals surface area contributed by atoms with Crippen molar-refractivity contribution in [2.75, 3.05) is 24.8 Å². The van der Waals surface area contributed by atoms with E-state index in [1.165, 1.54) is 0 Å². The number of methoxy groups -OCH3 is 1. The summed E-state index contributed by atoms with van der Waals surface area (Å²) in [6.07, 6.45) is 0.796. The van der Waals surface area contributed by atoms with E-state index in [-0.39, 0.29) is 18.0 Å². The Balaban J connectivity index is 1.71. The van der Waals surface area contributed by atoms with Crippen LogP contribution in [0.2, 0.25) is 0 Å². The van der Waals surface area contributed by atoms with E-state index in [9.17, 15) is 0 Å². The molecule has 1 aliphatic rings. The first-order chi connectivity index (χ1) is 13.2. The number of nitrogen functional groups attached to an aromatic ring is 1. The number of hydrogen-bond acceptors (Lipinski definition) is 6. The lowest BCUT2D eigenvalue weighted by atomic mass is 9.93. The number of nitrogens with two attached hydrogens (primary N) is 1. The van der Waals surface area contributed by atoms with E-state index >= 15 is 0 Å². The summed E-state index contributed by atoms with van der Waals surface area (Å²) in [5.41, 5.74) is 8.09. The van der Waals surface area contributed by atoms with E-state index in [0.717, 1.165) is 29.0 Å². The van der Waals surface area contributed by atoms with Gasteiger partial charge in [0, 0.05) is 5.56 Å². The number of fused-ring (bicyclic) bond motifs is 1. The van der Waals surface area contributed by atoms with Crippen LogP contribution in [-0.2, 0) is 0 Å². The van der Waals surface area contributed by atoms with Crippen LogP contribution in [0.3, 0.4) is 0 Å². The summed E-state index contributed by atoms with van der Waals surface area (Å²) in [5, 5.41) is 7.85. The Morgan fingerprint density at radius 1 is 1.19 bits per heavy atom. The highest BCUT2D eigenvalue weighted by molar-refractivity contribution is 5.45. The number of hydrogen-bond donors (Lipinski definition) is 2. The molecular formula is C20H23N5O2. The van der Waals surface area contributed by atoms with Gasteiger partial charge in [-0.15, -0.1) is 5.10 Å². The van der Waals surface area contributed by atoms with Gasteiger partial charge in [-0.25, -0.2) is 4.68 Å². The average molecular weight is 365 g/mol. The van der Waals surface area contributed by atoms with Crippen LogP contribution in [0.1, 0.15) is 36.6 Å². The molecule has 140 valence electrons. The van der Waals surface area contributed by atoms with Crippen molar-refractivity contribution in [1.29, 1.82) is 0 Å². The summed E-state index contributed by atoms with van der Waals surface area (Å²) >= 11 is 0. The molecule has 2 atom stereocenters. The molecule has 1 aliphatic heterocycles. The van der Waals surface area contributed by atoms with Gasteiger partial charge in [0.15, 0.2) is 0 Å². The Hall–Kier alpha value is -3.22. The van der Waals surface area contributed by atoms with E-state index in [1.54, 1.807) is 7.11 Å². The van der Waals surface area contributed by atoms with E-state index < -0.39 is 0 Å². The minimum absolute atomic E-state index is 0.0289. The third kappa shape index (κ3) is 3.28. The summed E-state index contributed by atoms with van der Waals surface area (Å²) in [6, 6.07) is 16.2. The number of nitrogens with one attached hydrogen (secondary N) is 1. The third-order valence-electron chi connectivity index (χ3n) is 4.80. The van der Waals surface area contributed by atoms with E-state index in [1.807, 2.05) is 41.9 Å².